The van der Waals surface area contributed by atoms with Crippen molar-refractivity contribution in [2.24, 2.45) is 0 Å². The number of benzene rings is 1. The molecular formula is C19H25N3O4S. The predicted molar refractivity (Wildman–Crippen MR) is 102 cm³/mol. The SMILES string of the molecule is Cc1noc(C)c1S(=O)(=O)N1CCC[C@H]1C(=O)Nc1ccc(C(C)C)cc1. The zero-order chi connectivity index (χ0) is 19.8. The third-order valence-electron chi connectivity index (χ3n) is 4.89. The second kappa shape index (κ2) is 7.44. The Morgan fingerprint density at radius 3 is 2.48 bits per heavy atom. The maximum absolute atomic E-state index is 13.1. The molecule has 0 radical (unpaired) electrons. The van der Waals surface area contributed by atoms with Crippen LogP contribution in [-0.4, -0.2) is 36.4 Å². The predicted octanol–water partition coefficient (Wildman–Crippen LogP) is 3.21. The number of rotatable bonds is 5. The summed E-state index contributed by atoms with van der Waals surface area (Å²) in [5, 5.41) is 6.57. The standard InChI is InChI=1S/C19H25N3O4S/c1-12(2)15-7-9-16(10-8-15)20-19(23)17-6-5-11-22(17)27(24,25)18-13(3)21-26-14(18)4/h7-10,12,17H,5-6,11H2,1-4H3,(H,20,23)/t17-/m0/s1. The quantitative estimate of drug-likeness (QED) is 0.845. The lowest BCUT2D eigenvalue weighted by molar-refractivity contribution is -0.119. The van der Waals surface area contributed by atoms with Crippen molar-refractivity contribution in [2.45, 2.75) is 57.4 Å². The Hall–Kier alpha value is -2.19. The summed E-state index contributed by atoms with van der Waals surface area (Å²) in [6.07, 6.45) is 1.12. The third kappa shape index (κ3) is 3.77. The van der Waals surface area contributed by atoms with Crippen molar-refractivity contribution in [2.75, 3.05) is 11.9 Å². The van der Waals surface area contributed by atoms with Crippen molar-refractivity contribution in [1.29, 1.82) is 0 Å². The summed E-state index contributed by atoms with van der Waals surface area (Å²) in [5.41, 5.74) is 2.14. The molecule has 1 aromatic heterocycles. The summed E-state index contributed by atoms with van der Waals surface area (Å²) < 4.78 is 32.4. The van der Waals surface area contributed by atoms with Gasteiger partial charge in [0, 0.05) is 12.2 Å². The van der Waals surface area contributed by atoms with Gasteiger partial charge < -0.3 is 9.84 Å². The van der Waals surface area contributed by atoms with Gasteiger partial charge in [-0.05, 0) is 50.3 Å². The molecule has 1 saturated heterocycles. The molecule has 3 rings (SSSR count). The Morgan fingerprint density at radius 1 is 1.26 bits per heavy atom. The zero-order valence-electron chi connectivity index (χ0n) is 16.0. The smallest absolute Gasteiger partial charge is 0.249 e. The molecule has 0 unspecified atom stereocenters. The number of sulfonamides is 1. The first-order valence-corrected chi connectivity index (χ1v) is 10.5. The molecule has 1 amide bonds. The molecule has 2 aromatic rings. The second-order valence-electron chi connectivity index (χ2n) is 7.19. The molecule has 1 aromatic carbocycles. The highest BCUT2D eigenvalue weighted by atomic mass is 32.2. The average Bonchev–Trinajstić information content (AvgIpc) is 3.23. The first-order valence-electron chi connectivity index (χ1n) is 9.07. The van der Waals surface area contributed by atoms with Gasteiger partial charge in [-0.1, -0.05) is 31.1 Å². The number of anilines is 1. The van der Waals surface area contributed by atoms with Crippen molar-refractivity contribution in [3.8, 4) is 0 Å². The van der Waals surface area contributed by atoms with Crippen molar-refractivity contribution in [3.63, 3.8) is 0 Å². The summed E-state index contributed by atoms with van der Waals surface area (Å²) in [5.74, 6) is 0.322. The summed E-state index contributed by atoms with van der Waals surface area (Å²) >= 11 is 0. The number of amides is 1. The second-order valence-corrected chi connectivity index (χ2v) is 9.02. The molecule has 0 bridgehead atoms. The van der Waals surface area contributed by atoms with Crippen LogP contribution < -0.4 is 5.32 Å². The maximum atomic E-state index is 13.1. The van der Waals surface area contributed by atoms with Crippen molar-refractivity contribution in [1.82, 2.24) is 9.46 Å². The van der Waals surface area contributed by atoms with E-state index >= 15 is 0 Å². The van der Waals surface area contributed by atoms with Gasteiger partial charge in [-0.25, -0.2) is 8.42 Å². The minimum atomic E-state index is -3.84. The summed E-state index contributed by atoms with van der Waals surface area (Å²) in [6.45, 7) is 7.66. The van der Waals surface area contributed by atoms with E-state index in [4.69, 9.17) is 4.52 Å². The molecule has 1 N–H and O–H groups in total. The average molecular weight is 391 g/mol. The van der Waals surface area contributed by atoms with Crippen molar-refractivity contribution < 1.29 is 17.7 Å². The Kier molecular flexibility index (Phi) is 5.39. The lowest BCUT2D eigenvalue weighted by Gasteiger charge is -2.23. The minimum absolute atomic E-state index is 0.0588. The van der Waals surface area contributed by atoms with Crippen LogP contribution in [-0.2, 0) is 14.8 Å². The number of hydrogen-bond acceptors (Lipinski definition) is 5. The largest absolute Gasteiger partial charge is 0.360 e. The van der Waals surface area contributed by atoms with Crippen molar-refractivity contribution in [3.05, 3.63) is 41.3 Å². The van der Waals surface area contributed by atoms with E-state index in [2.05, 4.69) is 24.3 Å². The highest BCUT2D eigenvalue weighted by Gasteiger charge is 2.41. The van der Waals surface area contributed by atoms with E-state index in [1.54, 1.807) is 13.8 Å². The Balaban J connectivity index is 1.80. The van der Waals surface area contributed by atoms with Crippen LogP contribution in [0.4, 0.5) is 5.69 Å². The van der Waals surface area contributed by atoms with Crippen LogP contribution in [0.3, 0.4) is 0 Å². The zero-order valence-corrected chi connectivity index (χ0v) is 16.8. The van der Waals surface area contributed by atoms with Gasteiger partial charge >= 0.3 is 0 Å². The van der Waals surface area contributed by atoms with Gasteiger partial charge in [-0.3, -0.25) is 4.79 Å². The van der Waals surface area contributed by atoms with Crippen LogP contribution in [0.5, 0.6) is 0 Å². The van der Waals surface area contributed by atoms with Crippen LogP contribution in [0.15, 0.2) is 33.7 Å². The number of aryl methyl sites for hydroxylation is 2. The van der Waals surface area contributed by atoms with Crippen LogP contribution in [0.25, 0.3) is 0 Å². The normalized spacial score (nSPS) is 18.2. The lowest BCUT2D eigenvalue weighted by Crippen LogP contribution is -2.43. The molecular weight excluding hydrogens is 366 g/mol. The van der Waals surface area contributed by atoms with Crippen LogP contribution in [0, 0.1) is 13.8 Å². The van der Waals surface area contributed by atoms with Crippen LogP contribution in [0.1, 0.15) is 49.6 Å². The molecule has 0 spiro atoms. The van der Waals surface area contributed by atoms with E-state index in [0.717, 1.165) is 0 Å². The summed E-state index contributed by atoms with van der Waals surface area (Å²) in [4.78, 5) is 12.8. The molecule has 1 fully saturated rings. The molecule has 2 heterocycles. The first kappa shape index (κ1) is 19.6. The van der Waals surface area contributed by atoms with Crippen LogP contribution in [0.2, 0.25) is 0 Å². The fourth-order valence-corrected chi connectivity index (χ4v) is 5.38. The molecule has 1 atom stereocenters. The molecule has 0 saturated carbocycles. The van der Waals surface area contributed by atoms with E-state index in [0.29, 0.717) is 36.7 Å². The molecule has 7 nitrogen and oxygen atoms in total. The molecule has 27 heavy (non-hydrogen) atoms. The van der Waals surface area contributed by atoms with E-state index in [1.807, 2.05) is 24.3 Å². The summed E-state index contributed by atoms with van der Waals surface area (Å²) in [6, 6.07) is 6.87. The lowest BCUT2D eigenvalue weighted by atomic mass is 10.0. The van der Waals surface area contributed by atoms with E-state index in [9.17, 15) is 13.2 Å². The van der Waals surface area contributed by atoms with Gasteiger partial charge in [0.15, 0.2) is 5.76 Å². The summed E-state index contributed by atoms with van der Waals surface area (Å²) in [7, 11) is -3.84. The number of aromatic nitrogens is 1. The van der Waals surface area contributed by atoms with E-state index in [1.165, 1.54) is 9.87 Å². The molecule has 1 aliphatic rings. The number of nitrogens with one attached hydrogen (secondary N) is 1. The molecule has 0 aliphatic carbocycles. The number of nitrogens with zero attached hydrogens (tertiary/aromatic N) is 2. The monoisotopic (exact) mass is 391 g/mol. The topological polar surface area (TPSA) is 92.5 Å². The Labute approximate surface area is 159 Å². The van der Waals surface area contributed by atoms with Crippen LogP contribution >= 0.6 is 0 Å². The van der Waals surface area contributed by atoms with Gasteiger partial charge in [0.25, 0.3) is 0 Å². The van der Waals surface area contributed by atoms with Gasteiger partial charge in [0.2, 0.25) is 15.9 Å². The molecule has 8 heteroatoms. The highest BCUT2D eigenvalue weighted by molar-refractivity contribution is 7.89. The van der Waals surface area contributed by atoms with Gasteiger partial charge in [0.05, 0.1) is 0 Å². The molecule has 1 aliphatic heterocycles. The third-order valence-corrected chi connectivity index (χ3v) is 7.04. The number of carbonyl (C=O) groups excluding carboxylic acids is 1. The van der Waals surface area contributed by atoms with E-state index in [-0.39, 0.29) is 16.6 Å². The fourth-order valence-electron chi connectivity index (χ4n) is 3.43. The minimum Gasteiger partial charge on any atom is -0.360 e. The first-order chi connectivity index (χ1) is 12.7. The Morgan fingerprint density at radius 2 is 1.93 bits per heavy atom. The molecule has 146 valence electrons. The Bertz CT molecular complexity index is 913. The highest BCUT2D eigenvalue weighted by Crippen LogP contribution is 2.30. The van der Waals surface area contributed by atoms with Gasteiger partial charge in [-0.2, -0.15) is 4.31 Å². The number of carbonyl (C=O) groups is 1. The van der Waals surface area contributed by atoms with E-state index < -0.39 is 16.1 Å². The van der Waals surface area contributed by atoms with Crippen molar-refractivity contribution >= 4 is 21.6 Å². The fraction of sp³-hybridized carbons (Fsp3) is 0.474. The maximum Gasteiger partial charge on any atom is 0.249 e. The van der Waals surface area contributed by atoms with Gasteiger partial charge in [-0.15, -0.1) is 0 Å². The van der Waals surface area contributed by atoms with Gasteiger partial charge in [0.1, 0.15) is 16.6 Å². The number of hydrogen-bond donors (Lipinski definition) is 1.